The first-order valence-corrected chi connectivity index (χ1v) is 8.39. The highest BCUT2D eigenvalue weighted by Crippen LogP contribution is 2.30. The van der Waals surface area contributed by atoms with Gasteiger partial charge in [-0.15, -0.1) is 0 Å². The number of halogens is 2. The van der Waals surface area contributed by atoms with Gasteiger partial charge in [-0.2, -0.15) is 0 Å². The second kappa shape index (κ2) is 8.69. The maximum Gasteiger partial charge on any atom is 0.146 e. The summed E-state index contributed by atoms with van der Waals surface area (Å²) in [6, 6.07) is 10.2. The number of benzene rings is 2. The first kappa shape index (κ1) is 18.3. The molecular formula is C18H20BrClO3. The molecule has 2 aromatic rings. The highest BCUT2D eigenvalue weighted by Gasteiger charge is 2.11. The Hall–Kier alpha value is -1.07. The Morgan fingerprint density at radius 3 is 2.52 bits per heavy atom. The summed E-state index contributed by atoms with van der Waals surface area (Å²) in [4.78, 5) is 0. The summed E-state index contributed by atoms with van der Waals surface area (Å²) in [6.07, 6.45) is 0.708. The summed E-state index contributed by atoms with van der Waals surface area (Å²) >= 11 is 10.0. The van der Waals surface area contributed by atoms with Crippen molar-refractivity contribution in [3.63, 3.8) is 0 Å². The van der Waals surface area contributed by atoms with Crippen LogP contribution < -0.4 is 4.74 Å². The maximum atomic E-state index is 6.44. The Bertz CT molecular complexity index is 674. The number of hydrogen-bond donors (Lipinski definition) is 0. The molecule has 2 aromatic carbocycles. The average molecular weight is 400 g/mol. The van der Waals surface area contributed by atoms with Crippen molar-refractivity contribution in [2.75, 3.05) is 21.0 Å². The number of rotatable bonds is 7. The minimum absolute atomic E-state index is 0.256. The van der Waals surface area contributed by atoms with Crippen molar-refractivity contribution in [1.29, 1.82) is 0 Å². The van der Waals surface area contributed by atoms with Crippen LogP contribution in [0.2, 0.25) is 5.02 Å². The fraction of sp³-hybridized carbons (Fsp3) is 0.333. The van der Waals surface area contributed by atoms with Gasteiger partial charge in [0, 0.05) is 23.0 Å². The Kier molecular flexibility index (Phi) is 6.90. The van der Waals surface area contributed by atoms with Crippen LogP contribution >= 0.6 is 27.5 Å². The van der Waals surface area contributed by atoms with Gasteiger partial charge in [0.2, 0.25) is 0 Å². The molecule has 0 saturated carbocycles. The lowest BCUT2D eigenvalue weighted by Crippen LogP contribution is -2.00. The third-order valence-electron chi connectivity index (χ3n) is 3.50. The fourth-order valence-electron chi connectivity index (χ4n) is 2.31. The van der Waals surface area contributed by atoms with Crippen molar-refractivity contribution in [2.24, 2.45) is 0 Å². The van der Waals surface area contributed by atoms with Gasteiger partial charge in [0.05, 0.1) is 13.7 Å². The molecule has 0 aliphatic carbocycles. The van der Waals surface area contributed by atoms with Crippen LogP contribution in [0.4, 0.5) is 0 Å². The molecule has 0 fully saturated rings. The highest BCUT2D eigenvalue weighted by atomic mass is 79.9. The Morgan fingerprint density at radius 1 is 1.04 bits per heavy atom. The van der Waals surface area contributed by atoms with Crippen LogP contribution in [0.3, 0.4) is 0 Å². The van der Waals surface area contributed by atoms with E-state index >= 15 is 0 Å². The molecule has 124 valence electrons. The van der Waals surface area contributed by atoms with Gasteiger partial charge >= 0.3 is 0 Å². The molecule has 0 saturated heterocycles. The van der Waals surface area contributed by atoms with Gasteiger partial charge < -0.3 is 14.2 Å². The minimum atomic E-state index is 0.256. The molecule has 0 heterocycles. The first-order valence-electron chi connectivity index (χ1n) is 7.22. The average Bonchev–Trinajstić information content (AvgIpc) is 2.53. The van der Waals surface area contributed by atoms with Crippen LogP contribution in [-0.2, 0) is 22.5 Å². The second-order valence-corrected chi connectivity index (χ2v) is 6.54. The van der Waals surface area contributed by atoms with E-state index in [-0.39, 0.29) is 6.79 Å². The highest BCUT2D eigenvalue weighted by molar-refractivity contribution is 9.10. The summed E-state index contributed by atoms with van der Waals surface area (Å²) in [5.74, 6) is 0.879. The molecule has 0 atom stereocenters. The molecule has 3 nitrogen and oxygen atoms in total. The van der Waals surface area contributed by atoms with Crippen LogP contribution in [0.15, 0.2) is 34.8 Å². The van der Waals surface area contributed by atoms with Gasteiger partial charge in [-0.3, -0.25) is 0 Å². The van der Waals surface area contributed by atoms with E-state index in [1.54, 1.807) is 14.2 Å². The predicted octanol–water partition coefficient (Wildman–Crippen LogP) is 5.13. The minimum Gasteiger partial charge on any atom is -0.496 e. The van der Waals surface area contributed by atoms with Crippen LogP contribution in [0.25, 0.3) is 0 Å². The zero-order valence-corrected chi connectivity index (χ0v) is 15.8. The zero-order valence-electron chi connectivity index (χ0n) is 13.5. The van der Waals surface area contributed by atoms with Crippen LogP contribution in [0.1, 0.15) is 22.3 Å². The Balaban J connectivity index is 2.22. The molecule has 0 aliphatic heterocycles. The standard InChI is InChI=1S/C18H20BrClO3/c1-12-4-5-13(18(6-12)22-3)7-14-8-16(19)15(9-17(14)20)10-23-11-21-2/h4-6,8-9H,7,10-11H2,1-3H3. The molecule has 0 aliphatic rings. The zero-order chi connectivity index (χ0) is 16.8. The molecule has 2 rings (SSSR count). The summed E-state index contributed by atoms with van der Waals surface area (Å²) in [6.45, 7) is 2.75. The van der Waals surface area contributed by atoms with Crippen LogP contribution in [0.5, 0.6) is 5.75 Å². The normalized spacial score (nSPS) is 10.8. The molecule has 0 N–H and O–H groups in total. The van der Waals surface area contributed by atoms with Crippen molar-refractivity contribution in [3.8, 4) is 5.75 Å². The second-order valence-electron chi connectivity index (χ2n) is 5.28. The van der Waals surface area contributed by atoms with Gasteiger partial charge in [-0.05, 0) is 47.4 Å². The van der Waals surface area contributed by atoms with E-state index < -0.39 is 0 Å². The number of ether oxygens (including phenoxy) is 3. The van der Waals surface area contributed by atoms with Gasteiger partial charge in [0.15, 0.2) is 0 Å². The molecular weight excluding hydrogens is 380 g/mol. The van der Waals surface area contributed by atoms with E-state index in [9.17, 15) is 0 Å². The van der Waals surface area contributed by atoms with Gasteiger partial charge in [-0.25, -0.2) is 0 Å². The van der Waals surface area contributed by atoms with Crippen LogP contribution in [0, 0.1) is 6.92 Å². The van der Waals surface area contributed by atoms with E-state index in [1.807, 2.05) is 25.1 Å². The molecule has 0 aromatic heterocycles. The van der Waals surface area contributed by atoms with Crippen molar-refractivity contribution in [3.05, 3.63) is 62.1 Å². The molecule has 0 unspecified atom stereocenters. The molecule has 0 radical (unpaired) electrons. The number of methoxy groups -OCH3 is 2. The lowest BCUT2D eigenvalue weighted by Gasteiger charge is -2.13. The lowest BCUT2D eigenvalue weighted by molar-refractivity contribution is -0.0392. The first-order chi connectivity index (χ1) is 11.0. The fourth-order valence-corrected chi connectivity index (χ4v) is 3.07. The third kappa shape index (κ3) is 4.95. The topological polar surface area (TPSA) is 27.7 Å². The van der Waals surface area contributed by atoms with Gasteiger partial charge in [0.1, 0.15) is 12.5 Å². The van der Waals surface area contributed by atoms with Gasteiger partial charge in [-0.1, -0.05) is 39.7 Å². The van der Waals surface area contributed by atoms with Crippen molar-refractivity contribution < 1.29 is 14.2 Å². The van der Waals surface area contributed by atoms with Crippen molar-refractivity contribution in [2.45, 2.75) is 20.0 Å². The summed E-state index contributed by atoms with van der Waals surface area (Å²) in [7, 11) is 3.28. The van der Waals surface area contributed by atoms with E-state index in [0.717, 1.165) is 26.9 Å². The smallest absolute Gasteiger partial charge is 0.146 e. The molecule has 23 heavy (non-hydrogen) atoms. The molecule has 0 spiro atoms. The molecule has 5 heteroatoms. The Labute approximate surface area is 150 Å². The van der Waals surface area contributed by atoms with Crippen molar-refractivity contribution in [1.82, 2.24) is 0 Å². The van der Waals surface area contributed by atoms with Crippen molar-refractivity contribution >= 4 is 27.5 Å². The number of hydrogen-bond acceptors (Lipinski definition) is 3. The van der Waals surface area contributed by atoms with E-state index in [2.05, 4.69) is 28.1 Å². The monoisotopic (exact) mass is 398 g/mol. The van der Waals surface area contributed by atoms with E-state index in [0.29, 0.717) is 18.1 Å². The van der Waals surface area contributed by atoms with E-state index in [4.69, 9.17) is 25.8 Å². The predicted molar refractivity (Wildman–Crippen MR) is 96.4 cm³/mol. The van der Waals surface area contributed by atoms with Gasteiger partial charge in [0.25, 0.3) is 0 Å². The summed E-state index contributed by atoms with van der Waals surface area (Å²) in [5, 5.41) is 0.715. The number of aryl methyl sites for hydroxylation is 1. The van der Waals surface area contributed by atoms with Crippen LogP contribution in [-0.4, -0.2) is 21.0 Å². The Morgan fingerprint density at radius 2 is 1.83 bits per heavy atom. The maximum absolute atomic E-state index is 6.44. The van der Waals surface area contributed by atoms with E-state index in [1.165, 1.54) is 5.56 Å². The third-order valence-corrected chi connectivity index (χ3v) is 4.59. The lowest BCUT2D eigenvalue weighted by atomic mass is 10.0. The SMILES string of the molecule is COCOCc1cc(Cl)c(Cc2ccc(C)cc2OC)cc1Br. The largest absolute Gasteiger partial charge is 0.496 e. The summed E-state index contributed by atoms with van der Waals surface area (Å²) < 4.78 is 16.7. The molecule has 0 amide bonds. The molecule has 0 bridgehead atoms. The quantitative estimate of drug-likeness (QED) is 0.477. The summed E-state index contributed by atoms with van der Waals surface area (Å²) in [5.41, 5.74) is 4.31.